The molecule has 0 saturated heterocycles. The van der Waals surface area contributed by atoms with Crippen molar-refractivity contribution in [2.45, 2.75) is 111 Å². The second-order valence-electron chi connectivity index (χ2n) is 6.97. The van der Waals surface area contributed by atoms with Gasteiger partial charge in [0, 0.05) is 12.8 Å². The Balaban J connectivity index is 3.85. The van der Waals surface area contributed by atoms with Gasteiger partial charge in [-0.15, -0.1) is 0 Å². The van der Waals surface area contributed by atoms with Crippen molar-refractivity contribution in [1.82, 2.24) is 0 Å². The molecule has 0 aliphatic carbocycles. The first-order chi connectivity index (χ1) is 12.1. The molecule has 4 nitrogen and oxygen atoms in total. The standard InChI is InChI=1S/C21H40O4/c1-5-9-11-14-19(8-4)25-21(23)16-12-15-20(22)24-17-18(7-3)13-10-6-2/h18-19H,5-17H2,1-4H3. The van der Waals surface area contributed by atoms with Gasteiger partial charge in [-0.2, -0.15) is 0 Å². The number of rotatable bonds is 16. The molecular formula is C21H40O4. The Morgan fingerprint density at radius 3 is 2.04 bits per heavy atom. The predicted octanol–water partition coefficient (Wildman–Crippen LogP) is 5.82. The van der Waals surface area contributed by atoms with Crippen molar-refractivity contribution in [2.75, 3.05) is 6.61 Å². The van der Waals surface area contributed by atoms with Gasteiger partial charge in [-0.3, -0.25) is 9.59 Å². The Bertz CT molecular complexity index is 341. The maximum absolute atomic E-state index is 11.9. The molecule has 0 aromatic heterocycles. The molecule has 0 aliphatic heterocycles. The van der Waals surface area contributed by atoms with Crippen LogP contribution in [0.15, 0.2) is 0 Å². The minimum Gasteiger partial charge on any atom is -0.465 e. The molecule has 0 heterocycles. The molecule has 0 aliphatic rings. The normalized spacial score (nSPS) is 13.3. The SMILES string of the molecule is CCCCCC(CC)OC(=O)CCCC(=O)OCC(CC)CCCC. The molecule has 25 heavy (non-hydrogen) atoms. The van der Waals surface area contributed by atoms with E-state index in [2.05, 4.69) is 20.8 Å². The maximum Gasteiger partial charge on any atom is 0.306 e. The summed E-state index contributed by atoms with van der Waals surface area (Å²) in [4.78, 5) is 23.7. The van der Waals surface area contributed by atoms with Crippen molar-refractivity contribution in [2.24, 2.45) is 5.92 Å². The summed E-state index contributed by atoms with van der Waals surface area (Å²) in [6, 6.07) is 0. The number of carbonyl (C=O) groups is 2. The van der Waals surface area contributed by atoms with Crippen molar-refractivity contribution >= 4 is 11.9 Å². The van der Waals surface area contributed by atoms with Crippen molar-refractivity contribution in [3.8, 4) is 0 Å². The molecule has 0 bridgehead atoms. The topological polar surface area (TPSA) is 52.6 Å². The third-order valence-corrected chi connectivity index (χ3v) is 4.67. The van der Waals surface area contributed by atoms with Gasteiger partial charge >= 0.3 is 11.9 Å². The second kappa shape index (κ2) is 16.4. The smallest absolute Gasteiger partial charge is 0.306 e. The van der Waals surface area contributed by atoms with E-state index < -0.39 is 0 Å². The minimum absolute atomic E-state index is 0.0230. The summed E-state index contributed by atoms with van der Waals surface area (Å²) in [6.45, 7) is 9.02. The predicted molar refractivity (Wildman–Crippen MR) is 102 cm³/mol. The Morgan fingerprint density at radius 1 is 0.760 bits per heavy atom. The molecule has 2 atom stereocenters. The number of esters is 2. The van der Waals surface area contributed by atoms with E-state index in [4.69, 9.17) is 9.47 Å². The van der Waals surface area contributed by atoms with Crippen LogP contribution < -0.4 is 0 Å². The van der Waals surface area contributed by atoms with Crippen molar-refractivity contribution < 1.29 is 19.1 Å². The number of carbonyl (C=O) groups excluding carboxylic acids is 2. The summed E-state index contributed by atoms with van der Waals surface area (Å²) in [5, 5.41) is 0. The van der Waals surface area contributed by atoms with Crippen LogP contribution in [0, 0.1) is 5.92 Å². The van der Waals surface area contributed by atoms with Crippen molar-refractivity contribution in [3.05, 3.63) is 0 Å². The van der Waals surface area contributed by atoms with Gasteiger partial charge in [-0.25, -0.2) is 0 Å². The van der Waals surface area contributed by atoms with Crippen LogP contribution in [0.4, 0.5) is 0 Å². The van der Waals surface area contributed by atoms with Gasteiger partial charge in [-0.1, -0.05) is 59.8 Å². The van der Waals surface area contributed by atoms with Crippen LogP contribution in [0.25, 0.3) is 0 Å². The Morgan fingerprint density at radius 2 is 1.44 bits per heavy atom. The molecule has 0 N–H and O–H groups in total. The fourth-order valence-electron chi connectivity index (χ4n) is 2.77. The van der Waals surface area contributed by atoms with Gasteiger partial charge in [0.2, 0.25) is 0 Å². The molecule has 0 aromatic carbocycles. The van der Waals surface area contributed by atoms with E-state index in [1.54, 1.807) is 0 Å². The van der Waals surface area contributed by atoms with E-state index in [9.17, 15) is 9.59 Å². The molecule has 0 spiro atoms. The fourth-order valence-corrected chi connectivity index (χ4v) is 2.77. The molecule has 0 rings (SSSR count). The third-order valence-electron chi connectivity index (χ3n) is 4.67. The van der Waals surface area contributed by atoms with Crippen LogP contribution in [0.1, 0.15) is 105 Å². The highest BCUT2D eigenvalue weighted by molar-refractivity contribution is 5.72. The Labute approximate surface area is 155 Å². The summed E-state index contributed by atoms with van der Waals surface area (Å²) < 4.78 is 10.8. The average Bonchev–Trinajstić information content (AvgIpc) is 2.61. The first-order valence-corrected chi connectivity index (χ1v) is 10.4. The highest BCUT2D eigenvalue weighted by Crippen LogP contribution is 2.14. The van der Waals surface area contributed by atoms with Gasteiger partial charge in [0.25, 0.3) is 0 Å². The van der Waals surface area contributed by atoms with Crippen LogP contribution in [0.5, 0.6) is 0 Å². The number of ether oxygens (including phenoxy) is 2. The zero-order valence-corrected chi connectivity index (χ0v) is 17.0. The quantitative estimate of drug-likeness (QED) is 0.258. The van der Waals surface area contributed by atoms with Crippen LogP contribution >= 0.6 is 0 Å². The summed E-state index contributed by atoms with van der Waals surface area (Å²) in [5.74, 6) is 0.0746. The van der Waals surface area contributed by atoms with Crippen LogP contribution in [-0.4, -0.2) is 24.6 Å². The van der Waals surface area contributed by atoms with Crippen molar-refractivity contribution in [3.63, 3.8) is 0 Å². The van der Waals surface area contributed by atoms with E-state index in [0.717, 1.165) is 32.1 Å². The molecule has 4 heteroatoms. The summed E-state index contributed by atoms with van der Waals surface area (Å²) >= 11 is 0. The van der Waals surface area contributed by atoms with Gasteiger partial charge < -0.3 is 9.47 Å². The van der Waals surface area contributed by atoms with Gasteiger partial charge in [0.1, 0.15) is 6.10 Å². The van der Waals surface area contributed by atoms with Crippen molar-refractivity contribution in [1.29, 1.82) is 0 Å². The van der Waals surface area contributed by atoms with Gasteiger partial charge in [0.15, 0.2) is 0 Å². The maximum atomic E-state index is 11.9. The second-order valence-corrected chi connectivity index (χ2v) is 6.97. The molecular weight excluding hydrogens is 316 g/mol. The summed E-state index contributed by atoms with van der Waals surface area (Å²) in [7, 11) is 0. The number of hydrogen-bond donors (Lipinski definition) is 0. The van der Waals surface area contributed by atoms with E-state index in [1.165, 1.54) is 25.7 Å². The van der Waals surface area contributed by atoms with E-state index in [-0.39, 0.29) is 18.0 Å². The van der Waals surface area contributed by atoms with E-state index in [1.807, 2.05) is 6.92 Å². The highest BCUT2D eigenvalue weighted by Gasteiger charge is 2.14. The minimum atomic E-state index is -0.197. The number of unbranched alkanes of at least 4 members (excludes halogenated alkanes) is 3. The third kappa shape index (κ3) is 13.9. The van der Waals surface area contributed by atoms with E-state index in [0.29, 0.717) is 31.8 Å². The lowest BCUT2D eigenvalue weighted by molar-refractivity contribution is -0.150. The molecule has 0 saturated carbocycles. The Hall–Kier alpha value is -1.06. The molecule has 0 fully saturated rings. The molecule has 2 unspecified atom stereocenters. The van der Waals surface area contributed by atoms with Crippen LogP contribution in [-0.2, 0) is 19.1 Å². The lowest BCUT2D eigenvalue weighted by atomic mass is 10.0. The monoisotopic (exact) mass is 356 g/mol. The molecule has 0 aromatic rings. The Kier molecular flexibility index (Phi) is 15.7. The lowest BCUT2D eigenvalue weighted by Gasteiger charge is -2.16. The first-order valence-electron chi connectivity index (χ1n) is 10.4. The highest BCUT2D eigenvalue weighted by atomic mass is 16.5. The summed E-state index contributed by atoms with van der Waals surface area (Å²) in [6.07, 6.45) is 10.9. The molecule has 0 radical (unpaired) electrons. The van der Waals surface area contributed by atoms with Gasteiger partial charge in [0.05, 0.1) is 6.61 Å². The average molecular weight is 357 g/mol. The first kappa shape index (κ1) is 23.9. The lowest BCUT2D eigenvalue weighted by Crippen LogP contribution is -2.18. The van der Waals surface area contributed by atoms with Crippen LogP contribution in [0.3, 0.4) is 0 Å². The fraction of sp³-hybridized carbons (Fsp3) is 0.905. The van der Waals surface area contributed by atoms with E-state index >= 15 is 0 Å². The molecule has 148 valence electrons. The largest absolute Gasteiger partial charge is 0.465 e. The molecule has 0 amide bonds. The van der Waals surface area contributed by atoms with Crippen LogP contribution in [0.2, 0.25) is 0 Å². The van der Waals surface area contributed by atoms with Gasteiger partial charge in [-0.05, 0) is 38.0 Å². The zero-order chi connectivity index (χ0) is 18.9. The zero-order valence-electron chi connectivity index (χ0n) is 17.0. The number of hydrogen-bond acceptors (Lipinski definition) is 4. The summed E-state index contributed by atoms with van der Waals surface area (Å²) in [5.41, 5.74) is 0.